The van der Waals surface area contributed by atoms with Gasteiger partial charge in [0, 0.05) is 5.92 Å². The zero-order valence-corrected chi connectivity index (χ0v) is 12.2. The first-order valence-electron chi connectivity index (χ1n) is 6.83. The zero-order chi connectivity index (χ0) is 13.8. The van der Waals surface area contributed by atoms with Gasteiger partial charge in [0.2, 0.25) is 0 Å². The minimum atomic E-state index is 0.488. The molecule has 0 aromatic heterocycles. The third kappa shape index (κ3) is 5.18. The summed E-state index contributed by atoms with van der Waals surface area (Å²) in [6.45, 7) is 12.0. The fourth-order valence-electron chi connectivity index (χ4n) is 1.94. The Bertz CT molecular complexity index is 368. The van der Waals surface area contributed by atoms with E-state index in [1.165, 1.54) is 11.1 Å². The lowest BCUT2D eigenvalue weighted by atomic mass is 9.88. The molecule has 1 rings (SSSR count). The second-order valence-corrected chi connectivity index (χ2v) is 3.76. The molecule has 1 atom stereocenters. The van der Waals surface area contributed by atoms with Crippen LogP contribution < -0.4 is 0 Å². The molecule has 0 aliphatic heterocycles. The Hall–Kier alpha value is -1.56. The van der Waals surface area contributed by atoms with Gasteiger partial charge < -0.3 is 0 Å². The van der Waals surface area contributed by atoms with Crippen LogP contribution >= 0.6 is 0 Å². The lowest BCUT2D eigenvalue weighted by Gasteiger charge is -2.16. The van der Waals surface area contributed by atoms with Gasteiger partial charge in [0.05, 0.1) is 0 Å². The number of rotatable bonds is 5. The van der Waals surface area contributed by atoms with Crippen molar-refractivity contribution < 1.29 is 0 Å². The third-order valence-corrected chi connectivity index (χ3v) is 2.77. The Morgan fingerprint density at radius 1 is 1.22 bits per heavy atom. The molecular formula is C18H26. The Labute approximate surface area is 113 Å². The Morgan fingerprint density at radius 3 is 2.28 bits per heavy atom. The average Bonchev–Trinajstić information content (AvgIpc) is 2.46. The molecule has 0 heteroatoms. The fraction of sp³-hybridized carbons (Fsp3) is 0.333. The van der Waals surface area contributed by atoms with Crippen molar-refractivity contribution in [2.24, 2.45) is 0 Å². The number of allylic oxidation sites excluding steroid dienone is 5. The second-order valence-electron chi connectivity index (χ2n) is 3.76. The highest BCUT2D eigenvalue weighted by Gasteiger charge is 2.11. The first-order valence-corrected chi connectivity index (χ1v) is 6.83. The van der Waals surface area contributed by atoms with Crippen LogP contribution in [0.15, 0.2) is 66.8 Å². The van der Waals surface area contributed by atoms with Crippen LogP contribution in [0.3, 0.4) is 0 Å². The normalized spacial score (nSPS) is 12.8. The van der Waals surface area contributed by atoms with Crippen molar-refractivity contribution in [2.75, 3.05) is 0 Å². The summed E-state index contributed by atoms with van der Waals surface area (Å²) in [4.78, 5) is 0. The highest BCUT2D eigenvalue weighted by molar-refractivity contribution is 5.35. The number of benzene rings is 1. The van der Waals surface area contributed by atoms with Gasteiger partial charge in [-0.25, -0.2) is 0 Å². The summed E-state index contributed by atoms with van der Waals surface area (Å²) in [5, 5.41) is 0. The molecule has 0 amide bonds. The van der Waals surface area contributed by atoms with E-state index in [2.05, 4.69) is 62.9 Å². The van der Waals surface area contributed by atoms with Gasteiger partial charge in [0.25, 0.3) is 0 Å². The molecule has 0 fully saturated rings. The SMILES string of the molecule is C=C/C=C\C(=C/C)C(CC)c1ccccc1.CC. The van der Waals surface area contributed by atoms with Crippen LogP contribution in [0.4, 0.5) is 0 Å². The van der Waals surface area contributed by atoms with E-state index >= 15 is 0 Å². The monoisotopic (exact) mass is 242 g/mol. The van der Waals surface area contributed by atoms with E-state index < -0.39 is 0 Å². The molecule has 0 nitrogen and oxygen atoms in total. The smallest absolute Gasteiger partial charge is 0.00834 e. The maximum atomic E-state index is 3.71. The molecule has 1 aromatic rings. The van der Waals surface area contributed by atoms with Crippen molar-refractivity contribution in [2.45, 2.75) is 40.0 Å². The lowest BCUT2D eigenvalue weighted by molar-refractivity contribution is 0.775. The van der Waals surface area contributed by atoms with Gasteiger partial charge in [-0.15, -0.1) is 0 Å². The predicted octanol–water partition coefficient (Wildman–Crippen LogP) is 5.89. The molecule has 0 radical (unpaired) electrons. The summed E-state index contributed by atoms with van der Waals surface area (Å²) in [7, 11) is 0. The van der Waals surface area contributed by atoms with Gasteiger partial charge in [0.15, 0.2) is 0 Å². The molecular weight excluding hydrogens is 216 g/mol. The van der Waals surface area contributed by atoms with Crippen LogP contribution in [0.5, 0.6) is 0 Å². The topological polar surface area (TPSA) is 0 Å². The van der Waals surface area contributed by atoms with E-state index in [1.807, 2.05) is 26.0 Å². The van der Waals surface area contributed by atoms with Crippen molar-refractivity contribution in [1.82, 2.24) is 0 Å². The predicted molar refractivity (Wildman–Crippen MR) is 83.9 cm³/mol. The molecule has 98 valence electrons. The quantitative estimate of drug-likeness (QED) is 0.564. The molecule has 0 saturated carbocycles. The minimum absolute atomic E-state index is 0.488. The maximum absolute atomic E-state index is 3.71. The summed E-state index contributed by atoms with van der Waals surface area (Å²) in [6, 6.07) is 10.6. The molecule has 0 aliphatic rings. The van der Waals surface area contributed by atoms with Gasteiger partial charge in [-0.05, 0) is 24.5 Å². The number of hydrogen-bond donors (Lipinski definition) is 0. The van der Waals surface area contributed by atoms with Crippen molar-refractivity contribution in [3.05, 3.63) is 72.4 Å². The summed E-state index contributed by atoms with van der Waals surface area (Å²) in [5.41, 5.74) is 2.74. The van der Waals surface area contributed by atoms with E-state index in [0.717, 1.165) is 6.42 Å². The molecule has 1 aromatic carbocycles. The second kappa shape index (κ2) is 10.6. The summed E-state index contributed by atoms with van der Waals surface area (Å²) >= 11 is 0. The molecule has 0 aliphatic carbocycles. The van der Waals surface area contributed by atoms with E-state index in [4.69, 9.17) is 0 Å². The van der Waals surface area contributed by atoms with Crippen LogP contribution in [0, 0.1) is 0 Å². The van der Waals surface area contributed by atoms with Crippen LogP contribution in [0.1, 0.15) is 45.6 Å². The highest BCUT2D eigenvalue weighted by Crippen LogP contribution is 2.28. The average molecular weight is 242 g/mol. The first kappa shape index (κ1) is 16.4. The Balaban J connectivity index is 0.00000137. The van der Waals surface area contributed by atoms with Crippen LogP contribution in [-0.2, 0) is 0 Å². The van der Waals surface area contributed by atoms with E-state index in [1.54, 1.807) is 0 Å². The minimum Gasteiger partial charge on any atom is -0.0991 e. The van der Waals surface area contributed by atoms with E-state index in [0.29, 0.717) is 5.92 Å². The summed E-state index contributed by atoms with van der Waals surface area (Å²) < 4.78 is 0. The van der Waals surface area contributed by atoms with Gasteiger partial charge in [-0.3, -0.25) is 0 Å². The zero-order valence-electron chi connectivity index (χ0n) is 12.2. The fourth-order valence-corrected chi connectivity index (χ4v) is 1.94. The van der Waals surface area contributed by atoms with Crippen LogP contribution in [-0.4, -0.2) is 0 Å². The lowest BCUT2D eigenvalue weighted by Crippen LogP contribution is -1.99. The Morgan fingerprint density at radius 2 is 1.83 bits per heavy atom. The van der Waals surface area contributed by atoms with E-state index in [9.17, 15) is 0 Å². The van der Waals surface area contributed by atoms with Crippen molar-refractivity contribution >= 4 is 0 Å². The van der Waals surface area contributed by atoms with Crippen molar-refractivity contribution in [3.8, 4) is 0 Å². The Kier molecular flexibility index (Phi) is 9.67. The molecule has 0 heterocycles. The van der Waals surface area contributed by atoms with Crippen molar-refractivity contribution in [1.29, 1.82) is 0 Å². The summed E-state index contributed by atoms with van der Waals surface area (Å²) in [6.07, 6.45) is 9.27. The van der Waals surface area contributed by atoms with Crippen molar-refractivity contribution in [3.63, 3.8) is 0 Å². The molecule has 0 N–H and O–H groups in total. The first-order chi connectivity index (χ1) is 8.83. The maximum Gasteiger partial charge on any atom is 0.00834 e. The van der Waals surface area contributed by atoms with Gasteiger partial charge in [0.1, 0.15) is 0 Å². The van der Waals surface area contributed by atoms with Crippen LogP contribution in [0.25, 0.3) is 0 Å². The third-order valence-electron chi connectivity index (χ3n) is 2.77. The largest absolute Gasteiger partial charge is 0.0991 e. The van der Waals surface area contributed by atoms with Gasteiger partial charge >= 0.3 is 0 Å². The highest BCUT2D eigenvalue weighted by atomic mass is 14.1. The van der Waals surface area contributed by atoms with E-state index in [-0.39, 0.29) is 0 Å². The van der Waals surface area contributed by atoms with Gasteiger partial charge in [-0.2, -0.15) is 0 Å². The van der Waals surface area contributed by atoms with Crippen LogP contribution in [0.2, 0.25) is 0 Å². The summed E-state index contributed by atoms with van der Waals surface area (Å²) in [5.74, 6) is 0.488. The molecule has 0 bridgehead atoms. The molecule has 1 unspecified atom stereocenters. The molecule has 0 saturated heterocycles. The molecule has 0 spiro atoms. The number of hydrogen-bond acceptors (Lipinski definition) is 0. The standard InChI is InChI=1S/C16H20.C2H6/c1-4-7-11-14(5-2)16(6-3)15-12-9-8-10-13-15;1-2/h4-5,7-13,16H,1,6H2,2-3H3;1-2H3/b11-7-,14-5+;. The molecule has 18 heavy (non-hydrogen) atoms. The van der Waals surface area contributed by atoms with Gasteiger partial charge in [-0.1, -0.05) is 82.0 Å².